The Hall–Kier alpha value is -2.81. The van der Waals surface area contributed by atoms with Crippen molar-refractivity contribution >= 4 is 5.69 Å². The van der Waals surface area contributed by atoms with Crippen LogP contribution in [0.25, 0.3) is 11.1 Å². The lowest BCUT2D eigenvalue weighted by Crippen LogP contribution is -1.99. The van der Waals surface area contributed by atoms with Gasteiger partial charge in [-0.1, -0.05) is 42.5 Å². The normalized spacial score (nSPS) is 10.5. The molecule has 2 N–H and O–H groups in total. The Morgan fingerprint density at radius 3 is 2.43 bits per heavy atom. The molecule has 0 aliphatic heterocycles. The summed E-state index contributed by atoms with van der Waals surface area (Å²) >= 11 is 0. The highest BCUT2D eigenvalue weighted by atomic mass is 19.1. The molecule has 0 aromatic heterocycles. The SMILES string of the molecule is Cc1ccc(-c2cc(N)ccc2OCc2ccccc2)c(F)c1. The fourth-order valence-electron chi connectivity index (χ4n) is 2.46. The van der Waals surface area contributed by atoms with Gasteiger partial charge in [-0.3, -0.25) is 0 Å². The summed E-state index contributed by atoms with van der Waals surface area (Å²) in [5, 5.41) is 0. The monoisotopic (exact) mass is 307 g/mol. The highest BCUT2D eigenvalue weighted by Gasteiger charge is 2.12. The van der Waals surface area contributed by atoms with Crippen LogP contribution in [0.4, 0.5) is 10.1 Å². The largest absolute Gasteiger partial charge is 0.488 e. The van der Waals surface area contributed by atoms with Crippen LogP contribution in [0.2, 0.25) is 0 Å². The van der Waals surface area contributed by atoms with Crippen molar-refractivity contribution in [1.82, 2.24) is 0 Å². The molecule has 0 radical (unpaired) electrons. The molecule has 0 unspecified atom stereocenters. The summed E-state index contributed by atoms with van der Waals surface area (Å²) in [5.74, 6) is 0.339. The maximum absolute atomic E-state index is 14.3. The first-order chi connectivity index (χ1) is 11.1. The van der Waals surface area contributed by atoms with Crippen molar-refractivity contribution in [2.45, 2.75) is 13.5 Å². The zero-order valence-electron chi connectivity index (χ0n) is 12.9. The average Bonchev–Trinajstić information content (AvgIpc) is 2.55. The molecular formula is C20H18FNO. The zero-order chi connectivity index (χ0) is 16.2. The molecule has 0 aliphatic rings. The molecule has 116 valence electrons. The molecule has 0 spiro atoms. The number of rotatable bonds is 4. The number of anilines is 1. The number of hydrogen-bond donors (Lipinski definition) is 1. The van der Waals surface area contributed by atoms with E-state index in [0.717, 1.165) is 11.1 Å². The van der Waals surface area contributed by atoms with Crippen LogP contribution < -0.4 is 10.5 Å². The summed E-state index contributed by atoms with van der Waals surface area (Å²) in [5.41, 5.74) is 9.54. The molecule has 0 saturated carbocycles. The molecule has 3 heteroatoms. The maximum Gasteiger partial charge on any atom is 0.131 e. The van der Waals surface area contributed by atoms with Gasteiger partial charge in [-0.25, -0.2) is 4.39 Å². The molecule has 0 amide bonds. The van der Waals surface area contributed by atoms with Gasteiger partial charge in [0.2, 0.25) is 0 Å². The molecular weight excluding hydrogens is 289 g/mol. The van der Waals surface area contributed by atoms with Crippen LogP contribution in [-0.4, -0.2) is 0 Å². The Morgan fingerprint density at radius 1 is 0.913 bits per heavy atom. The summed E-state index contributed by atoms with van der Waals surface area (Å²) in [6, 6.07) is 20.3. The molecule has 0 heterocycles. The fourth-order valence-corrected chi connectivity index (χ4v) is 2.46. The van der Waals surface area contributed by atoms with Gasteiger partial charge in [-0.2, -0.15) is 0 Å². The van der Waals surface area contributed by atoms with Gasteiger partial charge in [0, 0.05) is 16.8 Å². The van der Waals surface area contributed by atoms with Crippen LogP contribution in [0, 0.1) is 12.7 Å². The van der Waals surface area contributed by atoms with Crippen molar-refractivity contribution in [3.63, 3.8) is 0 Å². The van der Waals surface area contributed by atoms with Gasteiger partial charge in [-0.05, 0) is 42.3 Å². The van der Waals surface area contributed by atoms with Gasteiger partial charge in [0.15, 0.2) is 0 Å². The Kier molecular flexibility index (Phi) is 4.29. The predicted octanol–water partition coefficient (Wildman–Crippen LogP) is 4.96. The Bertz CT molecular complexity index is 815. The first kappa shape index (κ1) is 15.1. The fraction of sp³-hybridized carbons (Fsp3) is 0.100. The van der Waals surface area contributed by atoms with Crippen LogP contribution in [0.15, 0.2) is 66.7 Å². The number of halogens is 1. The second kappa shape index (κ2) is 6.53. The number of nitrogens with two attached hydrogens (primary N) is 1. The molecule has 0 aliphatic carbocycles. The van der Waals surface area contributed by atoms with E-state index in [1.165, 1.54) is 6.07 Å². The van der Waals surface area contributed by atoms with Crippen molar-refractivity contribution in [2.75, 3.05) is 5.73 Å². The van der Waals surface area contributed by atoms with Crippen molar-refractivity contribution in [3.05, 3.63) is 83.7 Å². The third-order valence-corrected chi connectivity index (χ3v) is 3.66. The standard InChI is InChI=1S/C20H18FNO/c1-14-7-9-17(19(21)11-14)18-12-16(22)8-10-20(18)23-13-15-5-3-2-4-6-15/h2-12H,13,22H2,1H3. The molecule has 2 nitrogen and oxygen atoms in total. The van der Waals surface area contributed by atoms with Crippen LogP contribution >= 0.6 is 0 Å². The number of nitrogen functional groups attached to an aromatic ring is 1. The molecule has 0 fully saturated rings. The number of hydrogen-bond acceptors (Lipinski definition) is 2. The van der Waals surface area contributed by atoms with E-state index in [9.17, 15) is 4.39 Å². The lowest BCUT2D eigenvalue weighted by Gasteiger charge is -2.13. The minimum Gasteiger partial charge on any atom is -0.488 e. The molecule has 0 bridgehead atoms. The summed E-state index contributed by atoms with van der Waals surface area (Å²) < 4.78 is 20.2. The second-order valence-electron chi connectivity index (χ2n) is 5.51. The zero-order valence-corrected chi connectivity index (χ0v) is 12.9. The molecule has 3 aromatic carbocycles. The third-order valence-electron chi connectivity index (χ3n) is 3.66. The predicted molar refractivity (Wildman–Crippen MR) is 91.8 cm³/mol. The van der Waals surface area contributed by atoms with Crippen molar-refractivity contribution in [3.8, 4) is 16.9 Å². The van der Waals surface area contributed by atoms with Crippen LogP contribution in [-0.2, 0) is 6.61 Å². The number of aryl methyl sites for hydroxylation is 1. The minimum absolute atomic E-state index is 0.278. The minimum atomic E-state index is -0.278. The third kappa shape index (κ3) is 3.51. The number of ether oxygens (including phenoxy) is 1. The maximum atomic E-state index is 14.3. The van der Waals surface area contributed by atoms with Crippen molar-refractivity contribution < 1.29 is 9.13 Å². The highest BCUT2D eigenvalue weighted by Crippen LogP contribution is 2.34. The van der Waals surface area contributed by atoms with Gasteiger partial charge < -0.3 is 10.5 Å². The van der Waals surface area contributed by atoms with E-state index in [0.29, 0.717) is 29.2 Å². The first-order valence-corrected chi connectivity index (χ1v) is 7.46. The van der Waals surface area contributed by atoms with E-state index in [-0.39, 0.29) is 5.82 Å². The van der Waals surface area contributed by atoms with Gasteiger partial charge in [0.25, 0.3) is 0 Å². The second-order valence-corrected chi connectivity index (χ2v) is 5.51. The highest BCUT2D eigenvalue weighted by molar-refractivity contribution is 5.74. The summed E-state index contributed by atoms with van der Waals surface area (Å²) in [4.78, 5) is 0. The molecule has 0 saturated heterocycles. The van der Waals surface area contributed by atoms with Gasteiger partial charge in [-0.15, -0.1) is 0 Å². The molecule has 0 atom stereocenters. The Morgan fingerprint density at radius 2 is 1.70 bits per heavy atom. The molecule has 3 aromatic rings. The van der Waals surface area contributed by atoms with Gasteiger partial charge >= 0.3 is 0 Å². The van der Waals surface area contributed by atoms with Crippen molar-refractivity contribution in [1.29, 1.82) is 0 Å². The lowest BCUT2D eigenvalue weighted by atomic mass is 10.0. The average molecular weight is 307 g/mol. The Labute approximate surface area is 135 Å². The van der Waals surface area contributed by atoms with E-state index in [2.05, 4.69) is 0 Å². The summed E-state index contributed by atoms with van der Waals surface area (Å²) in [6.07, 6.45) is 0. The smallest absolute Gasteiger partial charge is 0.131 e. The molecule has 23 heavy (non-hydrogen) atoms. The number of benzene rings is 3. The van der Waals surface area contributed by atoms with E-state index in [1.54, 1.807) is 24.3 Å². The lowest BCUT2D eigenvalue weighted by molar-refractivity contribution is 0.307. The van der Waals surface area contributed by atoms with E-state index < -0.39 is 0 Å². The van der Waals surface area contributed by atoms with Crippen molar-refractivity contribution in [2.24, 2.45) is 0 Å². The molecule has 3 rings (SSSR count). The van der Waals surface area contributed by atoms with Crippen LogP contribution in [0.3, 0.4) is 0 Å². The summed E-state index contributed by atoms with van der Waals surface area (Å²) in [6.45, 7) is 2.28. The quantitative estimate of drug-likeness (QED) is 0.691. The van der Waals surface area contributed by atoms with E-state index >= 15 is 0 Å². The first-order valence-electron chi connectivity index (χ1n) is 7.46. The van der Waals surface area contributed by atoms with Crippen LogP contribution in [0.1, 0.15) is 11.1 Å². The topological polar surface area (TPSA) is 35.2 Å². The Balaban J connectivity index is 1.95. The van der Waals surface area contributed by atoms with Gasteiger partial charge in [0.1, 0.15) is 18.2 Å². The van der Waals surface area contributed by atoms with E-state index in [1.807, 2.05) is 43.3 Å². The van der Waals surface area contributed by atoms with Gasteiger partial charge in [0.05, 0.1) is 0 Å². The van der Waals surface area contributed by atoms with E-state index in [4.69, 9.17) is 10.5 Å². The summed E-state index contributed by atoms with van der Waals surface area (Å²) in [7, 11) is 0. The van der Waals surface area contributed by atoms with Crippen LogP contribution in [0.5, 0.6) is 5.75 Å².